The summed E-state index contributed by atoms with van der Waals surface area (Å²) in [5, 5.41) is 19.3. The fraction of sp³-hybridized carbons (Fsp3) is 0.0476. The molecule has 0 aliphatic rings. The van der Waals surface area contributed by atoms with Crippen molar-refractivity contribution in [3.05, 3.63) is 72.3 Å². The van der Waals surface area contributed by atoms with E-state index < -0.39 is 0 Å². The van der Waals surface area contributed by atoms with Gasteiger partial charge in [-0.05, 0) is 48.0 Å². The van der Waals surface area contributed by atoms with E-state index in [1.165, 1.54) is 0 Å². The number of thiazole rings is 1. The third kappa shape index (κ3) is 3.65. The largest absolute Gasteiger partial charge is 0.252 e. The molecule has 0 fully saturated rings. The summed E-state index contributed by atoms with van der Waals surface area (Å²) in [7, 11) is 0. The first-order valence-corrected chi connectivity index (χ1v) is 10.1. The van der Waals surface area contributed by atoms with Crippen LogP contribution in [-0.2, 0) is 0 Å². The van der Waals surface area contributed by atoms with Crippen LogP contribution in [0.3, 0.4) is 0 Å². The van der Waals surface area contributed by atoms with E-state index in [0.29, 0.717) is 11.5 Å². The van der Waals surface area contributed by atoms with Gasteiger partial charge >= 0.3 is 0 Å². The van der Waals surface area contributed by atoms with E-state index in [1.807, 2.05) is 67.6 Å². The Balaban J connectivity index is 1.40. The lowest BCUT2D eigenvalue weighted by Crippen LogP contribution is -2.00. The van der Waals surface area contributed by atoms with Gasteiger partial charge in [-0.1, -0.05) is 47.7 Å². The minimum Gasteiger partial charge on any atom is -0.252 e. The molecule has 8 nitrogen and oxygen atoms in total. The standard InChI is InChI=1S/C21H16N8S/c1-13(24-27-21-23-17-8-2-3-11-19(17)30-21)14-6-4-7-15(12-14)16-9-5-10-18(22-16)20-25-28-29-26-20/h2-12H,1H3,(H,23,27)(H,25,26,28,29)/b24-13-. The van der Waals surface area contributed by atoms with Gasteiger partial charge in [0.2, 0.25) is 11.0 Å². The van der Waals surface area contributed by atoms with Gasteiger partial charge in [-0.2, -0.15) is 10.3 Å². The summed E-state index contributed by atoms with van der Waals surface area (Å²) in [6.45, 7) is 1.96. The molecule has 3 heterocycles. The smallest absolute Gasteiger partial charge is 0.222 e. The van der Waals surface area contributed by atoms with Crippen LogP contribution in [0, 0.1) is 0 Å². The highest BCUT2D eigenvalue weighted by Gasteiger charge is 2.08. The van der Waals surface area contributed by atoms with Gasteiger partial charge < -0.3 is 0 Å². The Morgan fingerprint density at radius 3 is 2.70 bits per heavy atom. The SMILES string of the molecule is C/C(=N/Nc1nc2ccccc2s1)c1cccc(-c2cccc(-c3nn[nH]n3)n2)c1. The van der Waals surface area contributed by atoms with Gasteiger partial charge in [-0.25, -0.2) is 9.97 Å². The second-order valence-corrected chi connectivity index (χ2v) is 7.55. The molecule has 2 aromatic carbocycles. The van der Waals surface area contributed by atoms with E-state index in [4.69, 9.17) is 0 Å². The van der Waals surface area contributed by atoms with Gasteiger partial charge in [0.25, 0.3) is 0 Å². The molecule has 146 valence electrons. The fourth-order valence-corrected chi connectivity index (χ4v) is 3.82. The molecule has 0 saturated heterocycles. The predicted molar refractivity (Wildman–Crippen MR) is 118 cm³/mol. The molecule has 0 aliphatic heterocycles. The van der Waals surface area contributed by atoms with Gasteiger partial charge in [0, 0.05) is 5.56 Å². The highest BCUT2D eigenvalue weighted by molar-refractivity contribution is 7.22. The van der Waals surface area contributed by atoms with Crippen LogP contribution in [0.5, 0.6) is 0 Å². The normalized spacial score (nSPS) is 11.7. The second kappa shape index (κ2) is 7.80. The predicted octanol–water partition coefficient (Wildman–Crippen LogP) is 4.37. The number of tetrazole rings is 1. The Hall–Kier alpha value is -3.98. The highest BCUT2D eigenvalue weighted by atomic mass is 32.1. The van der Waals surface area contributed by atoms with Crippen LogP contribution >= 0.6 is 11.3 Å². The molecule has 0 unspecified atom stereocenters. The highest BCUT2D eigenvalue weighted by Crippen LogP contribution is 2.26. The van der Waals surface area contributed by atoms with Crippen molar-refractivity contribution in [2.24, 2.45) is 5.10 Å². The van der Waals surface area contributed by atoms with Gasteiger partial charge in [0.05, 0.1) is 21.6 Å². The number of pyridine rings is 1. The van der Waals surface area contributed by atoms with Crippen LogP contribution in [0.1, 0.15) is 12.5 Å². The molecule has 0 radical (unpaired) electrons. The van der Waals surface area contributed by atoms with Crippen molar-refractivity contribution in [3.63, 3.8) is 0 Å². The molecule has 0 atom stereocenters. The molecule has 2 N–H and O–H groups in total. The number of hydrogen-bond donors (Lipinski definition) is 2. The molecular weight excluding hydrogens is 396 g/mol. The zero-order valence-corrected chi connectivity index (χ0v) is 16.8. The third-order valence-electron chi connectivity index (χ3n) is 4.51. The van der Waals surface area contributed by atoms with Crippen LogP contribution < -0.4 is 5.43 Å². The summed E-state index contributed by atoms with van der Waals surface area (Å²) in [6, 6.07) is 21.8. The number of fused-ring (bicyclic) bond motifs is 1. The molecule has 0 aliphatic carbocycles. The molecule has 0 bridgehead atoms. The number of benzene rings is 2. The third-order valence-corrected chi connectivity index (χ3v) is 5.45. The average molecular weight is 412 g/mol. The van der Waals surface area contributed by atoms with Gasteiger partial charge in [-0.3, -0.25) is 5.43 Å². The number of rotatable bonds is 5. The van der Waals surface area contributed by atoms with E-state index in [9.17, 15) is 0 Å². The molecule has 0 spiro atoms. The Kier molecular flexibility index (Phi) is 4.70. The van der Waals surface area contributed by atoms with Crippen LogP contribution in [0.25, 0.3) is 33.0 Å². The van der Waals surface area contributed by atoms with Crippen LogP contribution in [0.15, 0.2) is 71.8 Å². The molecule has 5 aromatic rings. The number of hydrazone groups is 1. The first-order chi connectivity index (χ1) is 14.8. The molecule has 9 heteroatoms. The van der Waals surface area contributed by atoms with Crippen molar-refractivity contribution in [2.45, 2.75) is 6.92 Å². The number of aromatic nitrogens is 6. The Bertz CT molecular complexity index is 1310. The number of hydrogen-bond acceptors (Lipinski definition) is 8. The van der Waals surface area contributed by atoms with Crippen LogP contribution in [-0.4, -0.2) is 36.3 Å². The summed E-state index contributed by atoms with van der Waals surface area (Å²) >= 11 is 1.58. The Labute approximate surface area is 175 Å². The Morgan fingerprint density at radius 1 is 0.967 bits per heavy atom. The summed E-state index contributed by atoms with van der Waals surface area (Å²) in [5.74, 6) is 0.464. The van der Waals surface area contributed by atoms with E-state index in [1.54, 1.807) is 11.3 Å². The molecular formula is C21H16N8S. The van der Waals surface area contributed by atoms with Crippen molar-refractivity contribution in [1.29, 1.82) is 0 Å². The Morgan fingerprint density at radius 2 is 1.83 bits per heavy atom. The summed E-state index contributed by atoms with van der Waals surface area (Å²) in [6.07, 6.45) is 0. The quantitative estimate of drug-likeness (QED) is 0.328. The van der Waals surface area contributed by atoms with Crippen molar-refractivity contribution >= 4 is 32.4 Å². The lowest BCUT2D eigenvalue weighted by Gasteiger charge is -2.06. The molecule has 5 rings (SSSR count). The molecule has 30 heavy (non-hydrogen) atoms. The van der Waals surface area contributed by atoms with Crippen LogP contribution in [0.2, 0.25) is 0 Å². The number of nitrogens with zero attached hydrogens (tertiary/aromatic N) is 6. The van der Waals surface area contributed by atoms with Gasteiger partial charge in [-0.15, -0.1) is 10.2 Å². The lowest BCUT2D eigenvalue weighted by atomic mass is 10.0. The van der Waals surface area contributed by atoms with Crippen molar-refractivity contribution < 1.29 is 0 Å². The number of anilines is 1. The first kappa shape index (κ1) is 18.1. The maximum absolute atomic E-state index is 4.65. The van der Waals surface area contributed by atoms with Crippen molar-refractivity contribution in [1.82, 2.24) is 30.6 Å². The summed E-state index contributed by atoms with van der Waals surface area (Å²) < 4.78 is 1.13. The lowest BCUT2D eigenvalue weighted by molar-refractivity contribution is 0.881. The van der Waals surface area contributed by atoms with Crippen molar-refractivity contribution in [3.8, 4) is 22.8 Å². The number of para-hydroxylation sites is 1. The van der Waals surface area contributed by atoms with Gasteiger partial charge in [0.1, 0.15) is 5.69 Å². The monoisotopic (exact) mass is 412 g/mol. The minimum atomic E-state index is 0.464. The van der Waals surface area contributed by atoms with Crippen molar-refractivity contribution in [2.75, 3.05) is 5.43 Å². The molecule has 3 aromatic heterocycles. The second-order valence-electron chi connectivity index (χ2n) is 6.52. The topological polar surface area (TPSA) is 105 Å². The average Bonchev–Trinajstić information content (AvgIpc) is 3.47. The van der Waals surface area contributed by atoms with E-state index >= 15 is 0 Å². The maximum atomic E-state index is 4.65. The first-order valence-electron chi connectivity index (χ1n) is 9.24. The van der Waals surface area contributed by atoms with E-state index in [0.717, 1.165) is 37.9 Å². The van der Waals surface area contributed by atoms with E-state index in [-0.39, 0.29) is 0 Å². The maximum Gasteiger partial charge on any atom is 0.222 e. The zero-order valence-electron chi connectivity index (χ0n) is 15.9. The number of aromatic amines is 1. The van der Waals surface area contributed by atoms with Crippen LogP contribution in [0.4, 0.5) is 5.13 Å². The number of H-pyrrole nitrogens is 1. The molecule has 0 saturated carbocycles. The minimum absolute atomic E-state index is 0.464. The van der Waals surface area contributed by atoms with Gasteiger partial charge in [0.15, 0.2) is 0 Å². The summed E-state index contributed by atoms with van der Waals surface area (Å²) in [5.41, 5.74) is 8.35. The van der Waals surface area contributed by atoms with E-state index in [2.05, 4.69) is 47.2 Å². The molecule has 0 amide bonds. The fourth-order valence-electron chi connectivity index (χ4n) is 3.01. The summed E-state index contributed by atoms with van der Waals surface area (Å²) in [4.78, 5) is 9.20. The number of nitrogens with one attached hydrogen (secondary N) is 2. The zero-order chi connectivity index (χ0) is 20.3.